The van der Waals surface area contributed by atoms with E-state index in [1.807, 2.05) is 13.8 Å². The SMILES string of the molecule is CC1(C)CO[C@@H](CI)[C@H]1F. The van der Waals surface area contributed by atoms with Crippen LogP contribution in [0, 0.1) is 5.41 Å². The lowest BCUT2D eigenvalue weighted by Gasteiger charge is -2.18. The molecule has 1 aliphatic heterocycles. The van der Waals surface area contributed by atoms with E-state index in [2.05, 4.69) is 22.6 Å². The highest BCUT2D eigenvalue weighted by atomic mass is 127. The third-order valence-corrected chi connectivity index (χ3v) is 2.76. The molecule has 0 saturated carbocycles. The van der Waals surface area contributed by atoms with Crippen molar-refractivity contribution in [1.82, 2.24) is 0 Å². The summed E-state index contributed by atoms with van der Waals surface area (Å²) < 4.78 is 19.2. The van der Waals surface area contributed by atoms with Crippen molar-refractivity contribution in [3.63, 3.8) is 0 Å². The molecule has 2 atom stereocenters. The van der Waals surface area contributed by atoms with E-state index in [4.69, 9.17) is 4.74 Å². The molecule has 0 spiro atoms. The Hall–Kier alpha value is 0.620. The molecule has 1 saturated heterocycles. The van der Waals surface area contributed by atoms with E-state index >= 15 is 0 Å². The van der Waals surface area contributed by atoms with Gasteiger partial charge in [0.2, 0.25) is 0 Å². The zero-order valence-corrected chi connectivity index (χ0v) is 8.39. The van der Waals surface area contributed by atoms with Crippen molar-refractivity contribution in [2.45, 2.75) is 26.1 Å². The lowest BCUT2D eigenvalue weighted by atomic mass is 9.89. The number of alkyl halides is 2. The first-order valence-electron chi connectivity index (χ1n) is 3.39. The van der Waals surface area contributed by atoms with Gasteiger partial charge in [-0.05, 0) is 0 Å². The summed E-state index contributed by atoms with van der Waals surface area (Å²) in [5, 5.41) is 0. The molecule has 60 valence electrons. The summed E-state index contributed by atoms with van der Waals surface area (Å²) in [6, 6.07) is 0. The molecule has 0 aromatic rings. The van der Waals surface area contributed by atoms with Gasteiger partial charge in [0.1, 0.15) is 6.17 Å². The molecule has 0 bridgehead atoms. The van der Waals surface area contributed by atoms with Crippen molar-refractivity contribution in [1.29, 1.82) is 0 Å². The molecule has 1 aliphatic rings. The standard InChI is InChI=1S/C7H12FIO/c1-7(2)4-10-5(3-9)6(7)8/h5-6H,3-4H2,1-2H3/t5-,6+/m0/s1. The van der Waals surface area contributed by atoms with Gasteiger partial charge in [-0.1, -0.05) is 36.4 Å². The van der Waals surface area contributed by atoms with E-state index in [9.17, 15) is 4.39 Å². The molecule has 10 heavy (non-hydrogen) atoms. The molecule has 0 amide bonds. The first kappa shape index (κ1) is 8.71. The van der Waals surface area contributed by atoms with E-state index < -0.39 is 6.17 Å². The number of ether oxygens (including phenoxy) is 1. The second-order valence-corrected chi connectivity index (χ2v) is 4.27. The molecule has 1 rings (SSSR count). The molecule has 1 heterocycles. The maximum absolute atomic E-state index is 13.2. The van der Waals surface area contributed by atoms with Crippen LogP contribution in [0.2, 0.25) is 0 Å². The van der Waals surface area contributed by atoms with Crippen molar-refractivity contribution < 1.29 is 9.13 Å². The maximum atomic E-state index is 13.2. The number of hydrogen-bond donors (Lipinski definition) is 0. The Bertz CT molecular complexity index is 127. The van der Waals surface area contributed by atoms with Gasteiger partial charge in [-0.15, -0.1) is 0 Å². The first-order valence-corrected chi connectivity index (χ1v) is 4.92. The van der Waals surface area contributed by atoms with E-state index in [0.29, 0.717) is 6.61 Å². The summed E-state index contributed by atoms with van der Waals surface area (Å²) in [5.74, 6) is 0. The zero-order chi connectivity index (χ0) is 7.78. The third kappa shape index (κ3) is 1.44. The summed E-state index contributed by atoms with van der Waals surface area (Å²) in [6.45, 7) is 4.37. The fourth-order valence-electron chi connectivity index (χ4n) is 1.11. The van der Waals surface area contributed by atoms with Gasteiger partial charge in [0.05, 0.1) is 12.7 Å². The molecular weight excluding hydrogens is 246 g/mol. The zero-order valence-electron chi connectivity index (χ0n) is 6.23. The maximum Gasteiger partial charge on any atom is 0.134 e. The number of rotatable bonds is 1. The monoisotopic (exact) mass is 258 g/mol. The van der Waals surface area contributed by atoms with Crippen molar-refractivity contribution in [2.24, 2.45) is 5.41 Å². The van der Waals surface area contributed by atoms with Crippen molar-refractivity contribution in [2.75, 3.05) is 11.0 Å². The smallest absolute Gasteiger partial charge is 0.134 e. The van der Waals surface area contributed by atoms with Gasteiger partial charge in [0.15, 0.2) is 0 Å². The lowest BCUT2D eigenvalue weighted by Crippen LogP contribution is -2.29. The molecule has 0 radical (unpaired) electrons. The van der Waals surface area contributed by atoms with Gasteiger partial charge < -0.3 is 4.74 Å². The van der Waals surface area contributed by atoms with Gasteiger partial charge in [-0.2, -0.15) is 0 Å². The Labute approximate surface area is 74.5 Å². The Balaban J connectivity index is 2.58. The minimum atomic E-state index is -0.788. The van der Waals surface area contributed by atoms with Gasteiger partial charge in [-0.25, -0.2) is 4.39 Å². The van der Waals surface area contributed by atoms with Crippen LogP contribution in [0.5, 0.6) is 0 Å². The van der Waals surface area contributed by atoms with E-state index in [1.54, 1.807) is 0 Å². The summed E-state index contributed by atoms with van der Waals surface area (Å²) in [4.78, 5) is 0. The largest absolute Gasteiger partial charge is 0.374 e. The Morgan fingerprint density at radius 1 is 1.70 bits per heavy atom. The molecule has 0 unspecified atom stereocenters. The average Bonchev–Trinajstić information content (AvgIpc) is 2.10. The fourth-order valence-corrected chi connectivity index (χ4v) is 1.81. The minimum Gasteiger partial charge on any atom is -0.374 e. The van der Waals surface area contributed by atoms with Crippen LogP contribution in [-0.4, -0.2) is 23.3 Å². The summed E-state index contributed by atoms with van der Waals surface area (Å²) in [7, 11) is 0. The summed E-state index contributed by atoms with van der Waals surface area (Å²) >= 11 is 2.16. The fraction of sp³-hybridized carbons (Fsp3) is 1.00. The Morgan fingerprint density at radius 2 is 2.30 bits per heavy atom. The van der Waals surface area contributed by atoms with Gasteiger partial charge in [-0.3, -0.25) is 0 Å². The van der Waals surface area contributed by atoms with Crippen molar-refractivity contribution in [3.05, 3.63) is 0 Å². The van der Waals surface area contributed by atoms with E-state index in [0.717, 1.165) is 4.43 Å². The normalized spacial score (nSPS) is 38.4. The highest BCUT2D eigenvalue weighted by Gasteiger charge is 2.42. The molecule has 0 aliphatic carbocycles. The second-order valence-electron chi connectivity index (χ2n) is 3.39. The predicted molar refractivity (Wildman–Crippen MR) is 47.3 cm³/mol. The van der Waals surface area contributed by atoms with Gasteiger partial charge in [0, 0.05) is 9.84 Å². The van der Waals surface area contributed by atoms with E-state index in [1.165, 1.54) is 0 Å². The molecule has 0 aromatic carbocycles. The van der Waals surface area contributed by atoms with Crippen LogP contribution in [0.3, 0.4) is 0 Å². The van der Waals surface area contributed by atoms with Crippen LogP contribution in [0.15, 0.2) is 0 Å². The van der Waals surface area contributed by atoms with Gasteiger partial charge >= 0.3 is 0 Å². The quantitative estimate of drug-likeness (QED) is 0.517. The van der Waals surface area contributed by atoms with Crippen molar-refractivity contribution >= 4 is 22.6 Å². The van der Waals surface area contributed by atoms with Crippen LogP contribution < -0.4 is 0 Å². The number of hydrogen-bond acceptors (Lipinski definition) is 1. The van der Waals surface area contributed by atoms with Crippen LogP contribution in [0.4, 0.5) is 4.39 Å². The summed E-state index contributed by atoms with van der Waals surface area (Å²) in [5.41, 5.74) is -0.268. The second kappa shape index (κ2) is 2.93. The average molecular weight is 258 g/mol. The minimum absolute atomic E-state index is 0.171. The van der Waals surface area contributed by atoms with Crippen molar-refractivity contribution in [3.8, 4) is 0 Å². The van der Waals surface area contributed by atoms with Crippen LogP contribution >= 0.6 is 22.6 Å². The molecular formula is C7H12FIO. The summed E-state index contributed by atoms with van der Waals surface area (Å²) in [6.07, 6.45) is -0.958. The molecule has 0 N–H and O–H groups in total. The molecule has 3 heteroatoms. The Kier molecular flexibility index (Phi) is 2.55. The predicted octanol–water partition coefficient (Wildman–Crippen LogP) is 2.18. The Morgan fingerprint density at radius 3 is 2.50 bits per heavy atom. The lowest BCUT2D eigenvalue weighted by molar-refractivity contribution is 0.0984. The number of halogens is 2. The molecule has 1 fully saturated rings. The third-order valence-electron chi connectivity index (χ3n) is 1.89. The van der Waals surface area contributed by atoms with Gasteiger partial charge in [0.25, 0.3) is 0 Å². The first-order chi connectivity index (χ1) is 4.58. The molecule has 0 aromatic heterocycles. The van der Waals surface area contributed by atoms with E-state index in [-0.39, 0.29) is 11.5 Å². The topological polar surface area (TPSA) is 9.23 Å². The van der Waals surface area contributed by atoms with Crippen LogP contribution in [0.25, 0.3) is 0 Å². The highest BCUT2D eigenvalue weighted by Crippen LogP contribution is 2.35. The van der Waals surface area contributed by atoms with Crippen LogP contribution in [-0.2, 0) is 4.74 Å². The molecule has 1 nitrogen and oxygen atoms in total. The highest BCUT2D eigenvalue weighted by molar-refractivity contribution is 14.1. The van der Waals surface area contributed by atoms with Crippen LogP contribution in [0.1, 0.15) is 13.8 Å².